The third-order valence-electron chi connectivity index (χ3n) is 8.97. The van der Waals surface area contributed by atoms with Crippen LogP contribution in [0.5, 0.6) is 0 Å². The smallest absolute Gasteiger partial charge is 0.331 e. The molecule has 5 atom stereocenters. The molecule has 0 saturated heterocycles. The lowest BCUT2D eigenvalue weighted by molar-refractivity contribution is -0.166. The molecule has 2 bridgehead atoms. The number of aliphatic hydroxyl groups excluding tert-OH is 1. The van der Waals surface area contributed by atoms with Gasteiger partial charge in [0.1, 0.15) is 11.7 Å². The molecule has 0 aromatic carbocycles. The Balaban J connectivity index is 2.05. The highest BCUT2D eigenvalue weighted by Crippen LogP contribution is 2.73. The number of rotatable bonds is 1. The predicted octanol–water partition coefficient (Wildman–Crippen LogP) is 3.05. The maximum atomic E-state index is 13.5. The van der Waals surface area contributed by atoms with E-state index in [4.69, 9.17) is 9.47 Å². The number of hydrogen-bond acceptors (Lipinski definition) is 6. The average Bonchev–Trinajstić information content (AvgIpc) is 2.78. The highest BCUT2D eigenvalue weighted by molar-refractivity contribution is 6.14. The van der Waals surface area contributed by atoms with Crippen LogP contribution in [-0.2, 0) is 23.9 Å². The fraction of sp³-hybridized carbons (Fsp3) is 0.625. The lowest BCUT2D eigenvalue weighted by atomic mass is 9.43. The Kier molecular flexibility index (Phi) is 4.01. The van der Waals surface area contributed by atoms with Crippen LogP contribution in [0.4, 0.5) is 0 Å². The Morgan fingerprint density at radius 2 is 1.87 bits per heavy atom. The van der Waals surface area contributed by atoms with Crippen molar-refractivity contribution in [2.24, 2.45) is 21.7 Å². The van der Waals surface area contributed by atoms with Gasteiger partial charge in [0, 0.05) is 22.3 Å². The molecule has 0 aromatic rings. The second-order valence-electron chi connectivity index (χ2n) is 10.3. The molecule has 2 saturated carbocycles. The number of ether oxygens (including phenoxy) is 2. The summed E-state index contributed by atoms with van der Waals surface area (Å²) in [4.78, 5) is 38.7. The third kappa shape index (κ3) is 1.92. The number of esters is 2. The van der Waals surface area contributed by atoms with E-state index in [1.807, 2.05) is 33.8 Å². The average molecular weight is 414 g/mol. The second-order valence-corrected chi connectivity index (χ2v) is 10.3. The van der Waals surface area contributed by atoms with Crippen LogP contribution in [0.1, 0.15) is 53.9 Å². The molecule has 1 spiro atoms. The van der Waals surface area contributed by atoms with Crippen molar-refractivity contribution in [2.45, 2.75) is 65.6 Å². The molecule has 6 heteroatoms. The van der Waals surface area contributed by atoms with Crippen molar-refractivity contribution in [3.63, 3.8) is 0 Å². The molecule has 30 heavy (non-hydrogen) atoms. The predicted molar refractivity (Wildman–Crippen MR) is 109 cm³/mol. The van der Waals surface area contributed by atoms with Gasteiger partial charge >= 0.3 is 11.9 Å². The summed E-state index contributed by atoms with van der Waals surface area (Å²) in [5, 5.41) is 11.0. The SMILES string of the molecule is C=C1[C@@]2(C(=O)OC)C(=O)[C@H](O)[C@]1(C)CC1=C(C)[C@]3(C=CC(=O)OC3(C)C)CC[C@@]12C. The van der Waals surface area contributed by atoms with Gasteiger partial charge < -0.3 is 14.6 Å². The minimum absolute atomic E-state index is 0.377. The molecule has 162 valence electrons. The number of cyclic esters (lactones) is 1. The van der Waals surface area contributed by atoms with Gasteiger partial charge in [0.2, 0.25) is 0 Å². The lowest BCUT2D eigenvalue weighted by Crippen LogP contribution is -2.59. The Hall–Kier alpha value is -2.21. The molecule has 6 nitrogen and oxygen atoms in total. The molecule has 0 amide bonds. The van der Waals surface area contributed by atoms with E-state index in [-0.39, 0.29) is 5.97 Å². The zero-order chi connectivity index (χ0) is 22.5. The van der Waals surface area contributed by atoms with Gasteiger partial charge in [-0.15, -0.1) is 0 Å². The van der Waals surface area contributed by atoms with E-state index in [0.717, 1.165) is 11.1 Å². The monoisotopic (exact) mass is 414 g/mol. The number of hydrogen-bond donors (Lipinski definition) is 1. The van der Waals surface area contributed by atoms with Gasteiger partial charge in [-0.25, -0.2) is 4.79 Å². The fourth-order valence-electron chi connectivity index (χ4n) is 6.97. The number of allylic oxidation sites excluding steroid dienone is 1. The van der Waals surface area contributed by atoms with Crippen LogP contribution in [0.3, 0.4) is 0 Å². The topological polar surface area (TPSA) is 89.9 Å². The van der Waals surface area contributed by atoms with Gasteiger partial charge in [0.05, 0.1) is 7.11 Å². The number of carbonyl (C=O) groups excluding carboxylic acids is 3. The largest absolute Gasteiger partial charge is 0.468 e. The van der Waals surface area contributed by atoms with Crippen molar-refractivity contribution in [3.05, 3.63) is 35.5 Å². The van der Waals surface area contributed by atoms with E-state index in [9.17, 15) is 19.5 Å². The lowest BCUT2D eigenvalue weighted by Gasteiger charge is -2.59. The van der Waals surface area contributed by atoms with Crippen molar-refractivity contribution in [1.29, 1.82) is 0 Å². The molecule has 4 rings (SSSR count). The standard InChI is InChI=1S/C24H30O6/c1-13-15-12-21(5)14(2)24(19(28)29-7,18(27)17(21)26)22(15,6)10-11-23(13)9-8-16(25)30-20(23,3)4/h8-9,17,26H,2,10-12H2,1,3-7H3/t17-,21+,22-,23-,24-/m0/s1. The maximum absolute atomic E-state index is 13.5. The first-order valence-corrected chi connectivity index (χ1v) is 10.4. The quantitative estimate of drug-likeness (QED) is 0.403. The van der Waals surface area contributed by atoms with Gasteiger partial charge in [-0.05, 0) is 45.6 Å². The number of aliphatic hydroxyl groups is 1. The summed E-state index contributed by atoms with van der Waals surface area (Å²) < 4.78 is 10.9. The van der Waals surface area contributed by atoms with Gasteiger partial charge in [0.15, 0.2) is 11.2 Å². The van der Waals surface area contributed by atoms with Crippen LogP contribution in [-0.4, -0.2) is 41.6 Å². The van der Waals surface area contributed by atoms with Gasteiger partial charge in [-0.3, -0.25) is 9.59 Å². The number of carbonyl (C=O) groups is 3. The molecule has 2 fully saturated rings. The molecule has 0 unspecified atom stereocenters. The molecule has 0 aromatic heterocycles. The Morgan fingerprint density at radius 3 is 2.43 bits per heavy atom. The van der Waals surface area contributed by atoms with E-state index in [1.54, 1.807) is 6.92 Å². The third-order valence-corrected chi connectivity index (χ3v) is 8.97. The normalized spacial score (nSPS) is 44.2. The molecule has 0 radical (unpaired) electrons. The number of methoxy groups -OCH3 is 1. The molecule has 3 aliphatic carbocycles. The summed E-state index contributed by atoms with van der Waals surface area (Å²) in [7, 11) is 1.27. The summed E-state index contributed by atoms with van der Waals surface area (Å²) in [5.74, 6) is -1.56. The molecule has 1 aliphatic heterocycles. The maximum Gasteiger partial charge on any atom is 0.331 e. The molecule has 1 N–H and O–H groups in total. The minimum Gasteiger partial charge on any atom is -0.468 e. The molecular weight excluding hydrogens is 384 g/mol. The minimum atomic E-state index is -1.62. The van der Waals surface area contributed by atoms with Crippen molar-refractivity contribution in [1.82, 2.24) is 0 Å². The number of Topliss-reactive ketones (excluding diaryl/α,β-unsaturated/α-hetero) is 1. The summed E-state index contributed by atoms with van der Waals surface area (Å²) in [6, 6.07) is 0. The van der Waals surface area contributed by atoms with Crippen LogP contribution in [0, 0.1) is 21.7 Å². The summed E-state index contributed by atoms with van der Waals surface area (Å²) in [5.41, 5.74) is -2.40. The Labute approximate surface area is 177 Å². The molecule has 1 heterocycles. The fourth-order valence-corrected chi connectivity index (χ4v) is 6.97. The van der Waals surface area contributed by atoms with Crippen LogP contribution < -0.4 is 0 Å². The summed E-state index contributed by atoms with van der Waals surface area (Å²) in [6.07, 6.45) is 3.55. The van der Waals surface area contributed by atoms with Crippen LogP contribution in [0.25, 0.3) is 0 Å². The van der Waals surface area contributed by atoms with Crippen LogP contribution >= 0.6 is 0 Å². The number of fused-ring (bicyclic) bond motifs is 4. The van der Waals surface area contributed by atoms with Crippen molar-refractivity contribution in [3.8, 4) is 0 Å². The Morgan fingerprint density at radius 1 is 1.23 bits per heavy atom. The number of ketones is 1. The van der Waals surface area contributed by atoms with E-state index in [0.29, 0.717) is 24.8 Å². The molecule has 4 aliphatic rings. The summed E-state index contributed by atoms with van der Waals surface area (Å²) >= 11 is 0. The zero-order valence-electron chi connectivity index (χ0n) is 18.5. The second kappa shape index (κ2) is 5.72. The Bertz CT molecular complexity index is 970. The van der Waals surface area contributed by atoms with E-state index >= 15 is 0 Å². The summed E-state index contributed by atoms with van der Waals surface area (Å²) in [6.45, 7) is 13.7. The van der Waals surface area contributed by atoms with Crippen LogP contribution in [0.2, 0.25) is 0 Å². The van der Waals surface area contributed by atoms with Crippen molar-refractivity contribution >= 4 is 17.7 Å². The zero-order valence-corrected chi connectivity index (χ0v) is 18.5. The van der Waals surface area contributed by atoms with Crippen molar-refractivity contribution in [2.75, 3.05) is 7.11 Å². The first kappa shape index (κ1) is 21.0. The van der Waals surface area contributed by atoms with E-state index in [2.05, 4.69) is 6.58 Å². The highest BCUT2D eigenvalue weighted by atomic mass is 16.6. The van der Waals surface area contributed by atoms with Gasteiger partial charge in [-0.2, -0.15) is 0 Å². The first-order valence-electron chi connectivity index (χ1n) is 10.4. The van der Waals surface area contributed by atoms with Crippen molar-refractivity contribution < 1.29 is 29.0 Å². The van der Waals surface area contributed by atoms with E-state index in [1.165, 1.54) is 13.2 Å². The van der Waals surface area contributed by atoms with Gasteiger partial charge in [0.25, 0.3) is 0 Å². The highest BCUT2D eigenvalue weighted by Gasteiger charge is 2.77. The van der Waals surface area contributed by atoms with Gasteiger partial charge in [-0.1, -0.05) is 37.6 Å². The van der Waals surface area contributed by atoms with Crippen LogP contribution in [0.15, 0.2) is 35.5 Å². The molecular formula is C24H30O6. The van der Waals surface area contributed by atoms with E-state index < -0.39 is 45.1 Å². The first-order chi connectivity index (χ1) is 13.8.